The minimum absolute atomic E-state index is 0.344. The number of hydrogen-bond donors (Lipinski definition) is 1. The Bertz CT molecular complexity index is 617. The van der Waals surface area contributed by atoms with Crippen molar-refractivity contribution in [2.24, 2.45) is 5.73 Å². The Kier molecular flexibility index (Phi) is 6.36. The minimum Gasteiger partial charge on any atom is -0.465 e. The van der Waals surface area contributed by atoms with Crippen molar-refractivity contribution in [1.29, 1.82) is 0 Å². The molecule has 0 fully saturated rings. The van der Waals surface area contributed by atoms with Crippen molar-refractivity contribution in [1.82, 2.24) is 0 Å². The molecule has 0 amide bonds. The van der Waals surface area contributed by atoms with Gasteiger partial charge in [0.05, 0.1) is 6.61 Å². The van der Waals surface area contributed by atoms with Crippen molar-refractivity contribution in [2.45, 2.75) is 39.2 Å². The maximum atomic E-state index is 11.6. The molecule has 1 atom stereocenters. The number of ether oxygens (including phenoxy) is 1. The molecule has 0 radical (unpaired) electrons. The third-order valence-electron chi connectivity index (χ3n) is 3.82. The Labute approximate surface area is 138 Å². The molecule has 0 heterocycles. The molecule has 2 N–H and O–H groups in total. The average molecular weight is 311 g/mol. The molecule has 0 aliphatic heterocycles. The van der Waals surface area contributed by atoms with E-state index in [2.05, 4.69) is 43.3 Å². The second-order valence-corrected chi connectivity index (χ2v) is 5.71. The van der Waals surface area contributed by atoms with Gasteiger partial charge in [-0.3, -0.25) is 4.79 Å². The predicted octanol–water partition coefficient (Wildman–Crippen LogP) is 3.74. The van der Waals surface area contributed by atoms with Crippen LogP contribution in [0.25, 0.3) is 11.1 Å². The fourth-order valence-electron chi connectivity index (χ4n) is 2.57. The van der Waals surface area contributed by atoms with Crippen LogP contribution < -0.4 is 5.73 Å². The summed E-state index contributed by atoms with van der Waals surface area (Å²) in [6, 6.07) is 16.3. The highest BCUT2D eigenvalue weighted by Crippen LogP contribution is 2.21. The zero-order valence-corrected chi connectivity index (χ0v) is 13.9. The van der Waals surface area contributed by atoms with E-state index in [1.165, 1.54) is 16.7 Å². The Balaban J connectivity index is 2.02. The lowest BCUT2D eigenvalue weighted by atomic mass is 9.99. The van der Waals surface area contributed by atoms with Crippen LogP contribution in [-0.2, 0) is 22.4 Å². The fourth-order valence-corrected chi connectivity index (χ4v) is 2.57. The Hall–Kier alpha value is -2.13. The number of carbonyl (C=O) groups excluding carboxylic acids is 1. The predicted molar refractivity (Wildman–Crippen MR) is 94.2 cm³/mol. The van der Waals surface area contributed by atoms with Crippen molar-refractivity contribution < 1.29 is 9.53 Å². The van der Waals surface area contributed by atoms with Crippen LogP contribution in [0.2, 0.25) is 0 Å². The number of rotatable bonds is 7. The van der Waals surface area contributed by atoms with Gasteiger partial charge in [-0.05, 0) is 42.0 Å². The van der Waals surface area contributed by atoms with Gasteiger partial charge < -0.3 is 10.5 Å². The van der Waals surface area contributed by atoms with E-state index in [0.717, 1.165) is 18.4 Å². The van der Waals surface area contributed by atoms with Crippen LogP contribution >= 0.6 is 0 Å². The molecule has 2 rings (SSSR count). The normalized spacial score (nSPS) is 12.0. The van der Waals surface area contributed by atoms with Gasteiger partial charge in [0.15, 0.2) is 0 Å². The molecule has 0 aromatic heterocycles. The van der Waals surface area contributed by atoms with Crippen LogP contribution in [-0.4, -0.2) is 18.6 Å². The number of esters is 1. The SMILES string of the molecule is CCCc1ccc(-c2ccc(CC(N)C(=O)OCC)cc2)cc1. The van der Waals surface area contributed by atoms with Crippen LogP contribution in [0, 0.1) is 0 Å². The Morgan fingerprint density at radius 1 is 0.957 bits per heavy atom. The summed E-state index contributed by atoms with van der Waals surface area (Å²) in [7, 11) is 0. The second kappa shape index (κ2) is 8.49. The molecule has 0 bridgehead atoms. The molecule has 0 aliphatic carbocycles. The van der Waals surface area contributed by atoms with Gasteiger partial charge in [0.2, 0.25) is 0 Å². The molecular weight excluding hydrogens is 286 g/mol. The molecule has 122 valence electrons. The van der Waals surface area contributed by atoms with Crippen LogP contribution in [0.4, 0.5) is 0 Å². The fraction of sp³-hybridized carbons (Fsp3) is 0.350. The Morgan fingerprint density at radius 3 is 1.96 bits per heavy atom. The molecule has 0 saturated heterocycles. The summed E-state index contributed by atoms with van der Waals surface area (Å²) < 4.78 is 4.94. The molecule has 0 saturated carbocycles. The molecule has 23 heavy (non-hydrogen) atoms. The average Bonchev–Trinajstić information content (AvgIpc) is 2.57. The topological polar surface area (TPSA) is 52.3 Å². The zero-order valence-electron chi connectivity index (χ0n) is 13.9. The maximum absolute atomic E-state index is 11.6. The number of benzene rings is 2. The summed E-state index contributed by atoms with van der Waals surface area (Å²) in [6.07, 6.45) is 2.77. The largest absolute Gasteiger partial charge is 0.465 e. The second-order valence-electron chi connectivity index (χ2n) is 5.71. The minimum atomic E-state index is -0.603. The molecule has 2 aromatic carbocycles. The van der Waals surface area contributed by atoms with E-state index in [-0.39, 0.29) is 5.97 Å². The first-order valence-electron chi connectivity index (χ1n) is 8.24. The van der Waals surface area contributed by atoms with Gasteiger partial charge in [-0.15, -0.1) is 0 Å². The molecular formula is C20H25NO2. The summed E-state index contributed by atoms with van der Waals surface area (Å²) in [4.78, 5) is 11.6. The van der Waals surface area contributed by atoms with Crippen LogP contribution in [0.1, 0.15) is 31.4 Å². The highest BCUT2D eigenvalue weighted by Gasteiger charge is 2.14. The van der Waals surface area contributed by atoms with Gasteiger partial charge in [0, 0.05) is 0 Å². The van der Waals surface area contributed by atoms with Crippen molar-refractivity contribution in [3.63, 3.8) is 0 Å². The number of nitrogens with two attached hydrogens (primary N) is 1. The van der Waals surface area contributed by atoms with Gasteiger partial charge in [-0.1, -0.05) is 61.9 Å². The van der Waals surface area contributed by atoms with Crippen molar-refractivity contribution in [2.75, 3.05) is 6.61 Å². The highest BCUT2D eigenvalue weighted by atomic mass is 16.5. The van der Waals surface area contributed by atoms with E-state index >= 15 is 0 Å². The first kappa shape index (κ1) is 17.2. The summed E-state index contributed by atoms with van der Waals surface area (Å²) in [6.45, 7) is 4.33. The zero-order chi connectivity index (χ0) is 16.7. The van der Waals surface area contributed by atoms with Crippen molar-refractivity contribution >= 4 is 5.97 Å². The number of aryl methyl sites for hydroxylation is 1. The molecule has 2 aromatic rings. The van der Waals surface area contributed by atoms with Gasteiger partial charge >= 0.3 is 5.97 Å². The third-order valence-corrected chi connectivity index (χ3v) is 3.82. The first-order valence-corrected chi connectivity index (χ1v) is 8.24. The lowest BCUT2D eigenvalue weighted by molar-refractivity contribution is -0.144. The molecule has 3 heteroatoms. The molecule has 0 aliphatic rings. The highest BCUT2D eigenvalue weighted by molar-refractivity contribution is 5.76. The van der Waals surface area contributed by atoms with Crippen LogP contribution in [0.5, 0.6) is 0 Å². The van der Waals surface area contributed by atoms with Crippen molar-refractivity contribution in [3.8, 4) is 11.1 Å². The maximum Gasteiger partial charge on any atom is 0.323 e. The van der Waals surface area contributed by atoms with Gasteiger partial charge in [-0.25, -0.2) is 0 Å². The Morgan fingerprint density at radius 2 is 1.48 bits per heavy atom. The smallest absolute Gasteiger partial charge is 0.323 e. The summed E-state index contributed by atoms with van der Waals surface area (Å²) >= 11 is 0. The molecule has 3 nitrogen and oxygen atoms in total. The first-order chi connectivity index (χ1) is 11.1. The van der Waals surface area contributed by atoms with E-state index in [9.17, 15) is 4.79 Å². The van der Waals surface area contributed by atoms with Crippen LogP contribution in [0.15, 0.2) is 48.5 Å². The summed E-state index contributed by atoms with van der Waals surface area (Å²) in [5, 5.41) is 0. The van der Waals surface area contributed by atoms with E-state index in [1.54, 1.807) is 6.92 Å². The molecule has 0 spiro atoms. The van der Waals surface area contributed by atoms with Crippen LogP contribution in [0.3, 0.4) is 0 Å². The quantitative estimate of drug-likeness (QED) is 0.793. The monoisotopic (exact) mass is 311 g/mol. The van der Waals surface area contributed by atoms with Gasteiger partial charge in [0.25, 0.3) is 0 Å². The molecule has 1 unspecified atom stereocenters. The lowest BCUT2D eigenvalue weighted by Gasteiger charge is -2.11. The summed E-state index contributed by atoms with van der Waals surface area (Å²) in [5.41, 5.74) is 10.6. The van der Waals surface area contributed by atoms with E-state index in [0.29, 0.717) is 13.0 Å². The number of hydrogen-bond acceptors (Lipinski definition) is 3. The standard InChI is InChI=1S/C20H25NO2/c1-3-5-15-6-10-17(11-7-15)18-12-8-16(9-13-18)14-19(21)20(22)23-4-2/h6-13,19H,3-5,14,21H2,1-2H3. The lowest BCUT2D eigenvalue weighted by Crippen LogP contribution is -2.34. The third kappa shape index (κ3) is 4.93. The van der Waals surface area contributed by atoms with E-state index in [1.807, 2.05) is 12.1 Å². The van der Waals surface area contributed by atoms with Gasteiger partial charge in [-0.2, -0.15) is 0 Å². The van der Waals surface area contributed by atoms with Crippen molar-refractivity contribution in [3.05, 3.63) is 59.7 Å². The van der Waals surface area contributed by atoms with Gasteiger partial charge in [0.1, 0.15) is 6.04 Å². The van der Waals surface area contributed by atoms with E-state index < -0.39 is 6.04 Å². The van der Waals surface area contributed by atoms with E-state index in [4.69, 9.17) is 10.5 Å². The number of carbonyl (C=O) groups is 1. The summed E-state index contributed by atoms with van der Waals surface area (Å²) in [5.74, 6) is -0.344.